The van der Waals surface area contributed by atoms with E-state index in [4.69, 9.17) is 15.2 Å². The molecular weight excluding hydrogens is 270 g/mol. The number of hydrogen-bond acceptors (Lipinski definition) is 5. The Labute approximate surface area is 123 Å². The minimum Gasteiger partial charge on any atom is -0.492 e. The smallest absolute Gasteiger partial charge is 0.338 e. The molecule has 0 unspecified atom stereocenters. The molecule has 112 valence electrons. The fourth-order valence-electron chi connectivity index (χ4n) is 1.92. The third-order valence-electron chi connectivity index (χ3n) is 3.03. The van der Waals surface area contributed by atoms with E-state index < -0.39 is 5.97 Å². The number of anilines is 1. The van der Waals surface area contributed by atoms with Crippen LogP contribution in [0.15, 0.2) is 30.6 Å². The van der Waals surface area contributed by atoms with Gasteiger partial charge in [-0.15, -0.1) is 0 Å². The van der Waals surface area contributed by atoms with Crippen molar-refractivity contribution in [3.8, 4) is 5.75 Å². The molecule has 6 heteroatoms. The predicted molar refractivity (Wildman–Crippen MR) is 79.2 cm³/mol. The van der Waals surface area contributed by atoms with E-state index >= 15 is 0 Å². The number of carbonyl (C=O) groups excluding carboxylic acids is 1. The van der Waals surface area contributed by atoms with Gasteiger partial charge in [0, 0.05) is 25.9 Å². The highest BCUT2D eigenvalue weighted by molar-refractivity contribution is 5.91. The van der Waals surface area contributed by atoms with E-state index in [0.29, 0.717) is 30.0 Å². The molecule has 1 aromatic heterocycles. The van der Waals surface area contributed by atoms with Crippen LogP contribution in [0.3, 0.4) is 0 Å². The van der Waals surface area contributed by atoms with E-state index in [-0.39, 0.29) is 6.61 Å². The summed E-state index contributed by atoms with van der Waals surface area (Å²) in [7, 11) is 1.90. The van der Waals surface area contributed by atoms with Gasteiger partial charge in [0.05, 0.1) is 24.5 Å². The number of benzene rings is 1. The van der Waals surface area contributed by atoms with Crippen LogP contribution >= 0.6 is 0 Å². The molecule has 0 aliphatic rings. The van der Waals surface area contributed by atoms with Gasteiger partial charge in [-0.05, 0) is 25.1 Å². The lowest BCUT2D eigenvalue weighted by Gasteiger charge is -2.09. The highest BCUT2D eigenvalue weighted by atomic mass is 16.5. The second-order valence-electron chi connectivity index (χ2n) is 4.53. The molecule has 1 aromatic carbocycles. The van der Waals surface area contributed by atoms with Crippen LogP contribution < -0.4 is 10.5 Å². The number of nitrogens with zero attached hydrogens (tertiary/aromatic N) is 2. The highest BCUT2D eigenvalue weighted by Gasteiger charge is 2.10. The summed E-state index contributed by atoms with van der Waals surface area (Å²) in [6.07, 6.45) is 4.14. The van der Waals surface area contributed by atoms with Crippen molar-refractivity contribution in [1.82, 2.24) is 9.55 Å². The topological polar surface area (TPSA) is 79.4 Å². The standard InChI is InChI=1S/C15H19N3O3/c1-3-20-13-5-4-11(10-12(13)16)15(19)21-9-6-14-17-7-8-18(14)2/h4-5,7-8,10H,3,6,9,16H2,1-2H3. The number of ether oxygens (including phenoxy) is 2. The molecule has 0 spiro atoms. The zero-order chi connectivity index (χ0) is 15.2. The van der Waals surface area contributed by atoms with Gasteiger partial charge in [-0.2, -0.15) is 0 Å². The number of aromatic nitrogens is 2. The largest absolute Gasteiger partial charge is 0.492 e. The average molecular weight is 289 g/mol. The minimum atomic E-state index is -0.404. The van der Waals surface area contributed by atoms with Gasteiger partial charge in [0.1, 0.15) is 11.6 Å². The Bertz CT molecular complexity index is 622. The molecule has 2 aromatic rings. The molecule has 0 radical (unpaired) electrons. The number of nitrogens with two attached hydrogens (primary N) is 1. The molecule has 0 amide bonds. The molecule has 0 atom stereocenters. The zero-order valence-corrected chi connectivity index (χ0v) is 12.2. The van der Waals surface area contributed by atoms with Crippen LogP contribution in [0.5, 0.6) is 5.75 Å². The van der Waals surface area contributed by atoms with Crippen molar-refractivity contribution < 1.29 is 14.3 Å². The summed E-state index contributed by atoms with van der Waals surface area (Å²) in [5.41, 5.74) is 6.66. The Hall–Kier alpha value is -2.50. The fraction of sp³-hybridized carbons (Fsp3) is 0.333. The van der Waals surface area contributed by atoms with Crippen molar-refractivity contribution in [2.75, 3.05) is 18.9 Å². The van der Waals surface area contributed by atoms with E-state index in [1.54, 1.807) is 24.4 Å². The van der Waals surface area contributed by atoms with Gasteiger partial charge in [0.2, 0.25) is 0 Å². The molecule has 2 rings (SSSR count). The van der Waals surface area contributed by atoms with E-state index in [2.05, 4.69) is 4.98 Å². The maximum atomic E-state index is 11.9. The van der Waals surface area contributed by atoms with E-state index in [1.807, 2.05) is 24.7 Å². The molecule has 1 heterocycles. The number of nitrogen functional groups attached to an aromatic ring is 1. The summed E-state index contributed by atoms with van der Waals surface area (Å²) >= 11 is 0. The first-order chi connectivity index (χ1) is 10.1. The summed E-state index contributed by atoms with van der Waals surface area (Å²) in [4.78, 5) is 16.1. The van der Waals surface area contributed by atoms with Gasteiger partial charge in [0.15, 0.2) is 0 Å². The van der Waals surface area contributed by atoms with Gasteiger partial charge in [0.25, 0.3) is 0 Å². The molecule has 2 N–H and O–H groups in total. The number of carbonyl (C=O) groups is 1. The van der Waals surface area contributed by atoms with Gasteiger partial charge in [-0.25, -0.2) is 9.78 Å². The molecule has 0 bridgehead atoms. The quantitative estimate of drug-likeness (QED) is 0.648. The molecule has 0 aliphatic carbocycles. The van der Waals surface area contributed by atoms with E-state index in [0.717, 1.165) is 5.82 Å². The van der Waals surface area contributed by atoms with E-state index in [1.165, 1.54) is 0 Å². The SMILES string of the molecule is CCOc1ccc(C(=O)OCCc2nccn2C)cc1N. The normalized spacial score (nSPS) is 10.4. The summed E-state index contributed by atoms with van der Waals surface area (Å²) in [6, 6.07) is 4.88. The molecule has 21 heavy (non-hydrogen) atoms. The lowest BCUT2D eigenvalue weighted by Crippen LogP contribution is -2.10. The first kappa shape index (κ1) is 14.9. The van der Waals surface area contributed by atoms with Gasteiger partial charge >= 0.3 is 5.97 Å². The van der Waals surface area contributed by atoms with Crippen molar-refractivity contribution in [1.29, 1.82) is 0 Å². The lowest BCUT2D eigenvalue weighted by molar-refractivity contribution is 0.0507. The van der Waals surface area contributed by atoms with Gasteiger partial charge < -0.3 is 19.8 Å². The van der Waals surface area contributed by atoms with Crippen LogP contribution in [0, 0.1) is 0 Å². The Morgan fingerprint density at radius 2 is 2.24 bits per heavy atom. The average Bonchev–Trinajstić information content (AvgIpc) is 2.87. The van der Waals surface area contributed by atoms with Crippen molar-refractivity contribution in [3.05, 3.63) is 42.0 Å². The molecule has 0 aliphatic heterocycles. The number of imidazole rings is 1. The zero-order valence-electron chi connectivity index (χ0n) is 12.2. The third kappa shape index (κ3) is 3.75. The summed E-state index contributed by atoms with van der Waals surface area (Å²) < 4.78 is 12.4. The third-order valence-corrected chi connectivity index (χ3v) is 3.03. The minimum absolute atomic E-state index is 0.275. The fourth-order valence-corrected chi connectivity index (χ4v) is 1.92. The van der Waals surface area contributed by atoms with Crippen molar-refractivity contribution >= 4 is 11.7 Å². The second kappa shape index (κ2) is 6.78. The Kier molecular flexibility index (Phi) is 4.81. The highest BCUT2D eigenvalue weighted by Crippen LogP contribution is 2.22. The van der Waals surface area contributed by atoms with Gasteiger partial charge in [-0.1, -0.05) is 0 Å². The van der Waals surface area contributed by atoms with Crippen LogP contribution in [0.2, 0.25) is 0 Å². The van der Waals surface area contributed by atoms with Crippen LogP contribution in [-0.4, -0.2) is 28.7 Å². The first-order valence-electron chi connectivity index (χ1n) is 6.77. The van der Waals surface area contributed by atoms with Gasteiger partial charge in [-0.3, -0.25) is 0 Å². The van der Waals surface area contributed by atoms with E-state index in [9.17, 15) is 4.79 Å². The molecule has 0 fully saturated rings. The maximum Gasteiger partial charge on any atom is 0.338 e. The predicted octanol–water partition coefficient (Wildman–Crippen LogP) is 1.80. The Morgan fingerprint density at radius 1 is 1.43 bits per heavy atom. The Balaban J connectivity index is 1.91. The number of rotatable bonds is 6. The number of esters is 1. The van der Waals surface area contributed by atoms with Crippen molar-refractivity contribution in [2.24, 2.45) is 7.05 Å². The van der Waals surface area contributed by atoms with Crippen LogP contribution in [0.1, 0.15) is 23.1 Å². The van der Waals surface area contributed by atoms with Crippen LogP contribution in [0.4, 0.5) is 5.69 Å². The number of aryl methyl sites for hydroxylation is 1. The molecule has 6 nitrogen and oxygen atoms in total. The summed E-state index contributed by atoms with van der Waals surface area (Å²) in [5.74, 6) is 1.04. The lowest BCUT2D eigenvalue weighted by atomic mass is 10.2. The summed E-state index contributed by atoms with van der Waals surface area (Å²) in [6.45, 7) is 2.67. The summed E-state index contributed by atoms with van der Waals surface area (Å²) in [5, 5.41) is 0. The number of hydrogen-bond donors (Lipinski definition) is 1. The van der Waals surface area contributed by atoms with Crippen molar-refractivity contribution in [2.45, 2.75) is 13.3 Å². The monoisotopic (exact) mass is 289 g/mol. The van der Waals surface area contributed by atoms with Crippen LogP contribution in [-0.2, 0) is 18.2 Å². The second-order valence-corrected chi connectivity index (χ2v) is 4.53. The molecular formula is C15H19N3O3. The molecule has 0 saturated carbocycles. The van der Waals surface area contributed by atoms with Crippen molar-refractivity contribution in [3.63, 3.8) is 0 Å². The Morgan fingerprint density at radius 3 is 2.86 bits per heavy atom. The van der Waals surface area contributed by atoms with Crippen LogP contribution in [0.25, 0.3) is 0 Å². The maximum absolute atomic E-state index is 11.9. The molecule has 0 saturated heterocycles. The first-order valence-corrected chi connectivity index (χ1v) is 6.77.